The molecule has 0 saturated heterocycles. The van der Waals surface area contributed by atoms with Crippen molar-refractivity contribution in [2.45, 2.75) is 26.4 Å². The second-order valence-electron chi connectivity index (χ2n) is 3.27. The summed E-state index contributed by atoms with van der Waals surface area (Å²) in [6.07, 6.45) is 0. The van der Waals surface area contributed by atoms with E-state index in [4.69, 9.17) is 10.2 Å². The molecule has 0 rings (SSSR count). The number of carbonyl (C=O) groups excluding carboxylic acids is 1. The summed E-state index contributed by atoms with van der Waals surface area (Å²) in [4.78, 5) is 21.6. The van der Waals surface area contributed by atoms with E-state index in [9.17, 15) is 9.59 Å². The van der Waals surface area contributed by atoms with E-state index in [0.29, 0.717) is 0 Å². The first-order valence-electron chi connectivity index (χ1n) is 3.90. The molecule has 2 N–H and O–H groups in total. The quantitative estimate of drug-likeness (QED) is 0.610. The molecule has 13 heavy (non-hydrogen) atoms. The molecule has 0 aromatic carbocycles. The van der Waals surface area contributed by atoms with Crippen LogP contribution in [0.15, 0.2) is 0 Å². The fourth-order valence-corrected chi connectivity index (χ4v) is 0.483. The highest BCUT2D eigenvalue weighted by Crippen LogP contribution is 2.12. The molecule has 0 aliphatic carbocycles. The Morgan fingerprint density at radius 3 is 2.15 bits per heavy atom. The topological polar surface area (TPSA) is 83.8 Å². The number of aliphatic hydroxyl groups is 1. The number of aliphatic carboxylic acids is 1. The van der Waals surface area contributed by atoms with Gasteiger partial charge in [0.2, 0.25) is 5.60 Å². The van der Waals surface area contributed by atoms with E-state index in [1.165, 1.54) is 0 Å². The minimum absolute atomic E-state index is 0.412. The molecule has 5 heteroatoms. The molecular weight excluding hydrogens is 176 g/mol. The zero-order valence-electron chi connectivity index (χ0n) is 7.90. The molecule has 76 valence electrons. The number of ether oxygens (including phenoxy) is 1. The van der Waals surface area contributed by atoms with Gasteiger partial charge in [0, 0.05) is 0 Å². The van der Waals surface area contributed by atoms with Gasteiger partial charge in [0.15, 0.2) is 0 Å². The van der Waals surface area contributed by atoms with Gasteiger partial charge in [-0.15, -0.1) is 0 Å². The number of rotatable bonds is 4. The van der Waals surface area contributed by atoms with Gasteiger partial charge in [0.25, 0.3) is 0 Å². The van der Waals surface area contributed by atoms with Crippen LogP contribution in [0.4, 0.5) is 0 Å². The maximum atomic E-state index is 11.0. The summed E-state index contributed by atoms with van der Waals surface area (Å²) in [6, 6.07) is 0. The van der Waals surface area contributed by atoms with Crippen LogP contribution in [0, 0.1) is 5.92 Å². The predicted octanol–water partition coefficient (Wildman–Crippen LogP) is 0.0212. The summed E-state index contributed by atoms with van der Waals surface area (Å²) in [7, 11) is 0. The Morgan fingerprint density at radius 1 is 1.46 bits per heavy atom. The highest BCUT2D eigenvalue weighted by atomic mass is 16.6. The fraction of sp³-hybridized carbons (Fsp3) is 0.750. The van der Waals surface area contributed by atoms with Crippen molar-refractivity contribution in [2.75, 3.05) is 6.61 Å². The van der Waals surface area contributed by atoms with Crippen molar-refractivity contribution in [1.29, 1.82) is 0 Å². The van der Waals surface area contributed by atoms with E-state index >= 15 is 0 Å². The smallest absolute Gasteiger partial charge is 0.350 e. The number of hydrogen-bond acceptors (Lipinski definition) is 4. The van der Waals surface area contributed by atoms with Crippen LogP contribution in [-0.2, 0) is 14.3 Å². The van der Waals surface area contributed by atoms with E-state index in [0.717, 1.165) is 6.92 Å². The lowest BCUT2D eigenvalue weighted by Crippen LogP contribution is -2.44. The van der Waals surface area contributed by atoms with Crippen molar-refractivity contribution >= 4 is 11.9 Å². The average Bonchev–Trinajstić information content (AvgIpc) is 2.03. The first kappa shape index (κ1) is 11.9. The second kappa shape index (κ2) is 4.23. The van der Waals surface area contributed by atoms with Crippen LogP contribution in [0.3, 0.4) is 0 Å². The minimum Gasteiger partial charge on any atom is -0.478 e. The Morgan fingerprint density at radius 2 is 1.92 bits per heavy atom. The Balaban J connectivity index is 4.45. The van der Waals surface area contributed by atoms with E-state index in [-0.39, 0.29) is 0 Å². The maximum absolute atomic E-state index is 11.0. The molecule has 1 unspecified atom stereocenters. The third-order valence-electron chi connectivity index (χ3n) is 1.55. The highest BCUT2D eigenvalue weighted by Gasteiger charge is 2.37. The summed E-state index contributed by atoms with van der Waals surface area (Å²) in [6.45, 7) is 3.58. The largest absolute Gasteiger partial charge is 0.478 e. The molecule has 0 radical (unpaired) electrons. The molecule has 0 aliphatic rings. The van der Waals surface area contributed by atoms with Crippen molar-refractivity contribution in [1.82, 2.24) is 0 Å². The SMILES string of the molecule is CC(C)C(=O)OC(C)(CO)C(=O)O. The first-order valence-corrected chi connectivity index (χ1v) is 3.90. The van der Waals surface area contributed by atoms with Crippen molar-refractivity contribution in [2.24, 2.45) is 5.92 Å². The molecule has 0 aromatic rings. The lowest BCUT2D eigenvalue weighted by molar-refractivity contribution is -0.183. The third-order valence-corrected chi connectivity index (χ3v) is 1.55. The first-order chi connectivity index (χ1) is 5.83. The van der Waals surface area contributed by atoms with Crippen LogP contribution in [0.25, 0.3) is 0 Å². The van der Waals surface area contributed by atoms with Crippen molar-refractivity contribution in [3.8, 4) is 0 Å². The molecule has 0 bridgehead atoms. The summed E-state index contributed by atoms with van der Waals surface area (Å²) >= 11 is 0. The predicted molar refractivity (Wildman–Crippen MR) is 44.1 cm³/mol. The molecule has 5 nitrogen and oxygen atoms in total. The van der Waals surface area contributed by atoms with Gasteiger partial charge in [-0.1, -0.05) is 13.8 Å². The Kier molecular flexibility index (Phi) is 3.87. The van der Waals surface area contributed by atoms with Gasteiger partial charge in [-0.05, 0) is 6.92 Å². The summed E-state index contributed by atoms with van der Waals surface area (Å²) in [5.74, 6) is -2.41. The van der Waals surface area contributed by atoms with Gasteiger partial charge >= 0.3 is 11.9 Å². The van der Waals surface area contributed by atoms with E-state index in [1.807, 2.05) is 0 Å². The van der Waals surface area contributed by atoms with Gasteiger partial charge in [-0.25, -0.2) is 4.79 Å². The van der Waals surface area contributed by atoms with Crippen LogP contribution in [0.1, 0.15) is 20.8 Å². The molecule has 1 atom stereocenters. The molecule has 0 spiro atoms. The van der Waals surface area contributed by atoms with Gasteiger partial charge in [0.05, 0.1) is 12.5 Å². The number of carboxylic acid groups (broad SMARTS) is 1. The number of esters is 1. The third kappa shape index (κ3) is 3.02. The number of hydrogen-bond donors (Lipinski definition) is 2. The number of aliphatic hydroxyl groups excluding tert-OH is 1. The molecular formula is C8H14O5. The lowest BCUT2D eigenvalue weighted by atomic mass is 10.1. The average molecular weight is 190 g/mol. The van der Waals surface area contributed by atoms with Crippen molar-refractivity contribution < 1.29 is 24.5 Å². The maximum Gasteiger partial charge on any atom is 0.350 e. The molecule has 0 saturated carbocycles. The van der Waals surface area contributed by atoms with E-state index < -0.39 is 30.1 Å². The highest BCUT2D eigenvalue weighted by molar-refractivity contribution is 5.82. The zero-order chi connectivity index (χ0) is 10.6. The van der Waals surface area contributed by atoms with Crippen LogP contribution in [0.2, 0.25) is 0 Å². The number of carbonyl (C=O) groups is 2. The van der Waals surface area contributed by atoms with Gasteiger partial charge in [-0.3, -0.25) is 4.79 Å². The normalized spacial score (nSPS) is 15.2. The van der Waals surface area contributed by atoms with Crippen LogP contribution >= 0.6 is 0 Å². The minimum atomic E-state index is -1.83. The number of carboxylic acids is 1. The Bertz CT molecular complexity index is 211. The lowest BCUT2D eigenvalue weighted by Gasteiger charge is -2.23. The van der Waals surface area contributed by atoms with Gasteiger partial charge in [0.1, 0.15) is 0 Å². The fourth-order valence-electron chi connectivity index (χ4n) is 0.483. The summed E-state index contributed by atoms with van der Waals surface area (Å²) in [5.41, 5.74) is -1.83. The van der Waals surface area contributed by atoms with Crippen LogP contribution < -0.4 is 0 Å². The van der Waals surface area contributed by atoms with Crippen LogP contribution in [0.5, 0.6) is 0 Å². The monoisotopic (exact) mass is 190 g/mol. The molecule has 0 heterocycles. The van der Waals surface area contributed by atoms with Crippen LogP contribution in [-0.4, -0.2) is 34.4 Å². The summed E-state index contributed by atoms with van der Waals surface area (Å²) in [5, 5.41) is 17.4. The second-order valence-corrected chi connectivity index (χ2v) is 3.27. The zero-order valence-corrected chi connectivity index (χ0v) is 7.90. The summed E-state index contributed by atoms with van der Waals surface area (Å²) < 4.78 is 4.62. The standard InChI is InChI=1S/C8H14O5/c1-5(2)6(10)13-8(3,4-9)7(11)12/h5,9H,4H2,1-3H3,(H,11,12). The Labute approximate surface area is 76.3 Å². The van der Waals surface area contributed by atoms with E-state index in [2.05, 4.69) is 4.74 Å². The van der Waals surface area contributed by atoms with Crippen molar-refractivity contribution in [3.63, 3.8) is 0 Å². The molecule has 0 aliphatic heterocycles. The van der Waals surface area contributed by atoms with Gasteiger partial charge < -0.3 is 14.9 Å². The molecule has 0 fully saturated rings. The molecule has 0 aromatic heterocycles. The van der Waals surface area contributed by atoms with E-state index in [1.54, 1.807) is 13.8 Å². The van der Waals surface area contributed by atoms with Crippen molar-refractivity contribution in [3.05, 3.63) is 0 Å². The Hall–Kier alpha value is -1.10. The van der Waals surface area contributed by atoms with Gasteiger partial charge in [-0.2, -0.15) is 0 Å². The molecule has 0 amide bonds.